The fraction of sp³-hybridized carbons (Fsp3) is 0.385. The molecule has 0 bridgehead atoms. The molecule has 0 aromatic carbocycles. The van der Waals surface area contributed by atoms with Crippen LogP contribution < -0.4 is 0 Å². The van der Waals surface area contributed by atoms with Gasteiger partial charge >= 0.3 is 0 Å². The third-order valence-electron chi connectivity index (χ3n) is 1.85. The Morgan fingerprint density at radius 2 is 2.00 bits per heavy atom. The number of nitrogens with zero attached hydrogens (tertiary/aromatic N) is 3. The van der Waals surface area contributed by atoms with E-state index in [-0.39, 0.29) is 0 Å². The molecule has 0 radical (unpaired) electrons. The van der Waals surface area contributed by atoms with Gasteiger partial charge < -0.3 is 4.90 Å². The molecule has 0 amide bonds. The fourth-order valence-electron chi connectivity index (χ4n) is 1.10. The van der Waals surface area contributed by atoms with Gasteiger partial charge in [-0.25, -0.2) is 0 Å². The van der Waals surface area contributed by atoms with E-state index in [4.69, 9.17) is 0 Å². The van der Waals surface area contributed by atoms with E-state index >= 15 is 0 Å². The highest BCUT2D eigenvalue weighted by molar-refractivity contribution is 5.57. The van der Waals surface area contributed by atoms with Crippen LogP contribution in [0.1, 0.15) is 26.3 Å². The molecule has 0 aliphatic carbocycles. The number of aliphatic imine (C=N–C) groups is 1. The van der Waals surface area contributed by atoms with Crippen molar-refractivity contribution in [1.29, 1.82) is 0 Å². The number of allylic oxidation sites excluding steroid dienone is 1. The van der Waals surface area contributed by atoms with Gasteiger partial charge in [0.05, 0.1) is 6.34 Å². The maximum atomic E-state index is 3.98. The van der Waals surface area contributed by atoms with E-state index in [9.17, 15) is 0 Å². The molecule has 0 N–H and O–H groups in total. The first-order chi connectivity index (χ1) is 7.74. The van der Waals surface area contributed by atoms with Crippen LogP contribution in [0.4, 0.5) is 0 Å². The van der Waals surface area contributed by atoms with Crippen molar-refractivity contribution in [1.82, 2.24) is 9.88 Å². The average Bonchev–Trinajstić information content (AvgIpc) is 2.32. The van der Waals surface area contributed by atoms with Crippen molar-refractivity contribution in [3.63, 3.8) is 0 Å². The van der Waals surface area contributed by atoms with Crippen molar-refractivity contribution in [2.45, 2.75) is 27.3 Å². The molecule has 16 heavy (non-hydrogen) atoms. The number of hydrogen-bond acceptors (Lipinski definition) is 2. The van der Waals surface area contributed by atoms with Crippen LogP contribution in [0.25, 0.3) is 0 Å². The highest BCUT2D eigenvalue weighted by Gasteiger charge is 2.00. The van der Waals surface area contributed by atoms with Crippen LogP contribution in [0.5, 0.6) is 0 Å². The van der Waals surface area contributed by atoms with Crippen molar-refractivity contribution in [2.24, 2.45) is 4.99 Å². The van der Waals surface area contributed by atoms with Crippen molar-refractivity contribution < 1.29 is 0 Å². The predicted octanol–water partition coefficient (Wildman–Crippen LogP) is 3.10. The largest absolute Gasteiger partial charge is 0.333 e. The van der Waals surface area contributed by atoms with Crippen LogP contribution in [0, 0.1) is 0 Å². The molecule has 0 aliphatic rings. The lowest BCUT2D eigenvalue weighted by molar-refractivity contribution is 0.524. The summed E-state index contributed by atoms with van der Waals surface area (Å²) in [7, 11) is 1.75. The number of pyridine rings is 1. The van der Waals surface area contributed by atoms with E-state index in [2.05, 4.69) is 16.6 Å². The maximum absolute atomic E-state index is 3.98. The summed E-state index contributed by atoms with van der Waals surface area (Å²) in [6.07, 6.45) is 5.35. The smallest absolute Gasteiger partial charge is 0.0891 e. The quantitative estimate of drug-likeness (QED) is 0.575. The minimum atomic E-state index is 0.787. The second-order valence-electron chi connectivity index (χ2n) is 3.09. The molecule has 0 fully saturated rings. The zero-order valence-electron chi connectivity index (χ0n) is 10.6. The predicted molar refractivity (Wildman–Crippen MR) is 70.4 cm³/mol. The van der Waals surface area contributed by atoms with Crippen LogP contribution in [0.3, 0.4) is 0 Å². The van der Waals surface area contributed by atoms with E-state index in [1.165, 1.54) is 5.56 Å². The van der Waals surface area contributed by atoms with E-state index in [0.717, 1.165) is 12.2 Å². The Morgan fingerprint density at radius 3 is 2.44 bits per heavy atom. The van der Waals surface area contributed by atoms with E-state index in [0.29, 0.717) is 0 Å². The van der Waals surface area contributed by atoms with Gasteiger partial charge in [0.25, 0.3) is 0 Å². The molecule has 3 nitrogen and oxygen atoms in total. The Labute approximate surface area is 98.5 Å². The standard InChI is InChI=1S/C11H15N3.C2H6/c1-10(2)14(9-12-3)8-11-4-6-13-7-5-11;1-2/h4-7,9H,1,8H2,2-3H3;1-2H3. The molecule has 0 spiro atoms. The summed E-state index contributed by atoms with van der Waals surface area (Å²) in [6, 6.07) is 3.97. The van der Waals surface area contributed by atoms with Gasteiger partial charge in [0, 0.05) is 31.7 Å². The molecular weight excluding hydrogens is 198 g/mol. The monoisotopic (exact) mass is 219 g/mol. The third-order valence-corrected chi connectivity index (χ3v) is 1.85. The third kappa shape index (κ3) is 5.29. The summed E-state index contributed by atoms with van der Waals surface area (Å²) in [5.74, 6) is 0. The molecule has 1 heterocycles. The average molecular weight is 219 g/mol. The molecule has 0 aliphatic heterocycles. The van der Waals surface area contributed by atoms with Crippen LogP contribution in [-0.4, -0.2) is 23.3 Å². The molecular formula is C13H21N3. The molecule has 1 rings (SSSR count). The van der Waals surface area contributed by atoms with Gasteiger partial charge in [0.1, 0.15) is 0 Å². The van der Waals surface area contributed by atoms with E-state index in [1.54, 1.807) is 25.8 Å². The van der Waals surface area contributed by atoms with Crippen molar-refractivity contribution in [2.75, 3.05) is 7.05 Å². The van der Waals surface area contributed by atoms with Crippen LogP contribution in [0.15, 0.2) is 41.8 Å². The summed E-state index contributed by atoms with van der Waals surface area (Å²) in [5, 5.41) is 0. The topological polar surface area (TPSA) is 28.5 Å². The number of hydrogen-bond donors (Lipinski definition) is 0. The Hall–Kier alpha value is -1.64. The van der Waals surface area contributed by atoms with Gasteiger partial charge in [0.2, 0.25) is 0 Å². The van der Waals surface area contributed by atoms with E-state index in [1.807, 2.05) is 37.8 Å². The van der Waals surface area contributed by atoms with Crippen LogP contribution >= 0.6 is 0 Å². The van der Waals surface area contributed by atoms with E-state index < -0.39 is 0 Å². The number of rotatable bonds is 4. The molecule has 0 saturated heterocycles. The minimum Gasteiger partial charge on any atom is -0.333 e. The van der Waals surface area contributed by atoms with Crippen molar-refractivity contribution in [3.8, 4) is 0 Å². The van der Waals surface area contributed by atoms with Gasteiger partial charge in [-0.05, 0) is 24.6 Å². The first-order valence-corrected chi connectivity index (χ1v) is 5.47. The lowest BCUT2D eigenvalue weighted by Gasteiger charge is -2.18. The highest BCUT2D eigenvalue weighted by atomic mass is 15.1. The molecule has 1 aromatic rings. The Kier molecular flexibility index (Phi) is 7.76. The van der Waals surface area contributed by atoms with Gasteiger partial charge in [-0.15, -0.1) is 0 Å². The fourth-order valence-corrected chi connectivity index (χ4v) is 1.10. The van der Waals surface area contributed by atoms with Crippen molar-refractivity contribution in [3.05, 3.63) is 42.4 Å². The van der Waals surface area contributed by atoms with Crippen molar-refractivity contribution >= 4 is 6.34 Å². The SMILES string of the molecule is C=C(C)N(C=NC)Cc1ccncc1.CC. The van der Waals surface area contributed by atoms with Gasteiger partial charge in [-0.2, -0.15) is 0 Å². The Bertz CT molecular complexity index is 317. The maximum Gasteiger partial charge on any atom is 0.0891 e. The second-order valence-corrected chi connectivity index (χ2v) is 3.09. The molecule has 0 unspecified atom stereocenters. The minimum absolute atomic E-state index is 0.787. The normalized spacial score (nSPS) is 9.50. The molecule has 88 valence electrons. The van der Waals surface area contributed by atoms with Gasteiger partial charge in [0.15, 0.2) is 0 Å². The molecule has 0 atom stereocenters. The number of aromatic nitrogens is 1. The lowest BCUT2D eigenvalue weighted by Crippen LogP contribution is -2.18. The summed E-state index contributed by atoms with van der Waals surface area (Å²) < 4.78 is 0. The van der Waals surface area contributed by atoms with Crippen LogP contribution in [-0.2, 0) is 6.54 Å². The first-order valence-electron chi connectivity index (χ1n) is 5.47. The summed E-state index contributed by atoms with van der Waals surface area (Å²) in [6.45, 7) is 10.6. The zero-order chi connectivity index (χ0) is 12.4. The second kappa shape index (κ2) is 8.65. The van der Waals surface area contributed by atoms with Gasteiger partial charge in [-0.1, -0.05) is 20.4 Å². The summed E-state index contributed by atoms with van der Waals surface area (Å²) in [5.41, 5.74) is 2.18. The molecule has 0 saturated carbocycles. The Morgan fingerprint density at radius 1 is 1.44 bits per heavy atom. The zero-order valence-corrected chi connectivity index (χ0v) is 10.6. The van der Waals surface area contributed by atoms with Crippen LogP contribution in [0.2, 0.25) is 0 Å². The Balaban J connectivity index is 0.00000106. The lowest BCUT2D eigenvalue weighted by atomic mass is 10.2. The molecule has 1 aromatic heterocycles. The molecule has 3 heteroatoms. The van der Waals surface area contributed by atoms with Gasteiger partial charge in [-0.3, -0.25) is 9.98 Å². The summed E-state index contributed by atoms with van der Waals surface area (Å²) >= 11 is 0. The highest BCUT2D eigenvalue weighted by Crippen LogP contribution is 2.06. The summed E-state index contributed by atoms with van der Waals surface area (Å²) in [4.78, 5) is 9.94. The first kappa shape index (κ1) is 14.4.